The summed E-state index contributed by atoms with van der Waals surface area (Å²) in [7, 11) is 0. The predicted octanol–water partition coefficient (Wildman–Crippen LogP) is 3.50. The van der Waals surface area contributed by atoms with Gasteiger partial charge in [-0.1, -0.05) is 24.3 Å². The highest BCUT2D eigenvalue weighted by Crippen LogP contribution is 2.34. The number of rotatable bonds is 6. The summed E-state index contributed by atoms with van der Waals surface area (Å²) in [6.45, 7) is 1.42. The monoisotopic (exact) mass is 366 g/mol. The predicted molar refractivity (Wildman–Crippen MR) is 99.3 cm³/mol. The van der Waals surface area contributed by atoms with Crippen LogP contribution in [0.2, 0.25) is 0 Å². The molecule has 1 aromatic heterocycles. The van der Waals surface area contributed by atoms with Crippen molar-refractivity contribution < 1.29 is 24.2 Å². The zero-order valence-electron chi connectivity index (χ0n) is 14.6. The van der Waals surface area contributed by atoms with E-state index in [4.69, 9.17) is 9.52 Å². The number of fused-ring (bicyclic) bond motifs is 1. The number of aromatic hydroxyl groups is 1. The van der Waals surface area contributed by atoms with E-state index in [2.05, 4.69) is 0 Å². The van der Waals surface area contributed by atoms with Crippen LogP contribution in [0.15, 0.2) is 57.7 Å². The van der Waals surface area contributed by atoms with E-state index < -0.39 is 17.5 Å². The van der Waals surface area contributed by atoms with Gasteiger partial charge in [0.25, 0.3) is 0 Å². The van der Waals surface area contributed by atoms with Gasteiger partial charge in [0, 0.05) is 12.3 Å². The van der Waals surface area contributed by atoms with Gasteiger partial charge < -0.3 is 19.4 Å². The van der Waals surface area contributed by atoms with E-state index in [1.54, 1.807) is 36.4 Å². The molecule has 6 nitrogen and oxygen atoms in total. The minimum atomic E-state index is -1.03. The van der Waals surface area contributed by atoms with Crippen LogP contribution in [0.3, 0.4) is 0 Å². The topological polar surface area (TPSA) is 105 Å². The summed E-state index contributed by atoms with van der Waals surface area (Å²) in [5.74, 6) is -1.93. The number of aromatic carboxylic acids is 1. The first-order valence-electron chi connectivity index (χ1n) is 8.43. The molecule has 1 heterocycles. The Bertz CT molecular complexity index is 1060. The van der Waals surface area contributed by atoms with Crippen molar-refractivity contribution in [2.75, 3.05) is 0 Å². The van der Waals surface area contributed by atoms with Gasteiger partial charge in [0.2, 0.25) is 0 Å². The van der Waals surface area contributed by atoms with Crippen molar-refractivity contribution in [3.63, 3.8) is 0 Å². The second-order valence-electron chi connectivity index (χ2n) is 6.46. The van der Waals surface area contributed by atoms with E-state index in [1.165, 1.54) is 19.1 Å². The maximum absolute atomic E-state index is 12.5. The van der Waals surface area contributed by atoms with Crippen LogP contribution in [0.4, 0.5) is 0 Å². The Morgan fingerprint density at radius 1 is 1.07 bits per heavy atom. The Morgan fingerprint density at radius 3 is 2.37 bits per heavy atom. The Hall–Kier alpha value is -3.41. The third-order valence-electron chi connectivity index (χ3n) is 4.44. The minimum absolute atomic E-state index is 0.0529. The summed E-state index contributed by atoms with van der Waals surface area (Å²) in [6.07, 6.45) is 0.341. The van der Waals surface area contributed by atoms with Gasteiger partial charge in [0.05, 0.1) is 16.5 Å². The molecule has 0 spiro atoms. The van der Waals surface area contributed by atoms with Gasteiger partial charge in [-0.3, -0.25) is 0 Å². The highest BCUT2D eigenvalue weighted by molar-refractivity contribution is 5.87. The summed E-state index contributed by atoms with van der Waals surface area (Å²) in [4.78, 5) is 35.2. The van der Waals surface area contributed by atoms with Crippen LogP contribution in [-0.2, 0) is 11.2 Å². The number of carbonyl (C=O) groups excluding carboxylic acids is 1. The van der Waals surface area contributed by atoms with Crippen LogP contribution in [0, 0.1) is 0 Å². The zero-order valence-corrected chi connectivity index (χ0v) is 14.6. The molecule has 1 unspecified atom stereocenters. The van der Waals surface area contributed by atoms with Gasteiger partial charge in [0.1, 0.15) is 17.1 Å². The van der Waals surface area contributed by atoms with E-state index in [0.29, 0.717) is 5.39 Å². The average molecular weight is 366 g/mol. The Labute approximate surface area is 154 Å². The molecule has 2 aromatic carbocycles. The van der Waals surface area contributed by atoms with Gasteiger partial charge >= 0.3 is 11.6 Å². The van der Waals surface area contributed by atoms with Crippen LogP contribution in [0.5, 0.6) is 5.75 Å². The van der Waals surface area contributed by atoms with E-state index in [1.807, 2.05) is 0 Å². The van der Waals surface area contributed by atoms with Crippen molar-refractivity contribution in [2.45, 2.75) is 25.7 Å². The second-order valence-corrected chi connectivity index (χ2v) is 6.46. The lowest BCUT2D eigenvalue weighted by atomic mass is 9.87. The number of hydrogen-bond donors (Lipinski definition) is 2. The molecule has 0 amide bonds. The number of para-hydroxylation sites is 1. The van der Waals surface area contributed by atoms with Crippen molar-refractivity contribution >= 4 is 22.7 Å². The van der Waals surface area contributed by atoms with Gasteiger partial charge in [-0.25, -0.2) is 9.59 Å². The number of benzene rings is 2. The molecule has 0 saturated carbocycles. The number of Topliss-reactive ketones (excluding diaryl/α,β-unsaturated/α-hetero) is 1. The normalized spacial score (nSPS) is 12.0. The molecular weight excluding hydrogens is 348 g/mol. The van der Waals surface area contributed by atoms with Gasteiger partial charge in [-0.05, 0) is 43.2 Å². The molecule has 0 radical (unpaired) electrons. The number of hydrogen-bond acceptors (Lipinski definition) is 5. The Kier molecular flexibility index (Phi) is 5.07. The average Bonchev–Trinajstić information content (AvgIpc) is 2.61. The van der Waals surface area contributed by atoms with Crippen molar-refractivity contribution in [1.29, 1.82) is 0 Å². The zero-order chi connectivity index (χ0) is 19.6. The first-order chi connectivity index (χ1) is 12.9. The summed E-state index contributed by atoms with van der Waals surface area (Å²) in [6, 6.07) is 12.8. The van der Waals surface area contributed by atoms with Crippen molar-refractivity contribution in [3.8, 4) is 5.75 Å². The van der Waals surface area contributed by atoms with Crippen LogP contribution in [0.1, 0.15) is 40.7 Å². The largest absolute Gasteiger partial charge is 0.507 e. The second kappa shape index (κ2) is 7.45. The van der Waals surface area contributed by atoms with E-state index in [9.17, 15) is 19.5 Å². The highest BCUT2D eigenvalue weighted by Gasteiger charge is 2.24. The van der Waals surface area contributed by atoms with E-state index in [-0.39, 0.29) is 41.1 Å². The molecule has 0 aliphatic rings. The SMILES string of the molecule is CC(=O)CC(Cc1ccc(C(=O)O)cc1)c1c(O)c2ccccc2oc1=O. The Morgan fingerprint density at radius 2 is 1.74 bits per heavy atom. The van der Waals surface area contributed by atoms with Crippen molar-refractivity contribution in [3.05, 3.63) is 75.6 Å². The third kappa shape index (κ3) is 3.89. The third-order valence-corrected chi connectivity index (χ3v) is 4.44. The molecule has 3 rings (SSSR count). The number of carboxylic acids is 1. The van der Waals surface area contributed by atoms with E-state index in [0.717, 1.165) is 5.56 Å². The fourth-order valence-electron chi connectivity index (χ4n) is 3.20. The molecule has 0 aliphatic carbocycles. The van der Waals surface area contributed by atoms with Crippen molar-refractivity contribution in [1.82, 2.24) is 0 Å². The highest BCUT2D eigenvalue weighted by atomic mass is 16.4. The molecule has 6 heteroatoms. The fraction of sp³-hybridized carbons (Fsp3) is 0.190. The molecule has 2 N–H and O–H groups in total. The molecule has 138 valence electrons. The lowest BCUT2D eigenvalue weighted by Gasteiger charge is -2.17. The number of carbonyl (C=O) groups is 2. The van der Waals surface area contributed by atoms with Crippen LogP contribution >= 0.6 is 0 Å². The van der Waals surface area contributed by atoms with Crippen LogP contribution in [-0.4, -0.2) is 22.0 Å². The molecule has 0 fully saturated rings. The molecule has 1 atom stereocenters. The molecular formula is C21H18O6. The maximum Gasteiger partial charge on any atom is 0.343 e. The van der Waals surface area contributed by atoms with E-state index >= 15 is 0 Å². The minimum Gasteiger partial charge on any atom is -0.507 e. The standard InChI is InChI=1S/C21H18O6/c1-12(22)10-15(11-13-6-8-14(9-7-13)20(24)25)18-19(23)16-4-2-3-5-17(16)27-21(18)26/h2-9,15,23H,10-11H2,1H3,(H,24,25). The lowest BCUT2D eigenvalue weighted by Crippen LogP contribution is -2.17. The lowest BCUT2D eigenvalue weighted by molar-refractivity contribution is -0.117. The molecule has 0 aliphatic heterocycles. The van der Waals surface area contributed by atoms with Crippen molar-refractivity contribution in [2.24, 2.45) is 0 Å². The fourth-order valence-corrected chi connectivity index (χ4v) is 3.20. The molecule has 0 saturated heterocycles. The summed E-state index contributed by atoms with van der Waals surface area (Å²) in [5, 5.41) is 20.1. The summed E-state index contributed by atoms with van der Waals surface area (Å²) >= 11 is 0. The first-order valence-corrected chi connectivity index (χ1v) is 8.43. The summed E-state index contributed by atoms with van der Waals surface area (Å²) in [5.41, 5.74) is 0.551. The Balaban J connectivity index is 2.05. The number of ketones is 1. The molecule has 0 bridgehead atoms. The van der Waals surface area contributed by atoms with Gasteiger partial charge in [0.15, 0.2) is 0 Å². The molecule has 3 aromatic rings. The summed E-state index contributed by atoms with van der Waals surface area (Å²) < 4.78 is 5.32. The first kappa shape index (κ1) is 18.4. The molecule has 27 heavy (non-hydrogen) atoms. The van der Waals surface area contributed by atoms with Crippen LogP contribution in [0.25, 0.3) is 11.0 Å². The maximum atomic E-state index is 12.5. The van der Waals surface area contributed by atoms with Crippen LogP contribution < -0.4 is 5.63 Å². The van der Waals surface area contributed by atoms with Gasteiger partial charge in [-0.2, -0.15) is 0 Å². The number of carboxylic acid groups (broad SMARTS) is 1. The quantitative estimate of drug-likeness (QED) is 0.647. The van der Waals surface area contributed by atoms with Gasteiger partial charge in [-0.15, -0.1) is 0 Å². The smallest absolute Gasteiger partial charge is 0.343 e.